The van der Waals surface area contributed by atoms with Crippen LogP contribution in [0.25, 0.3) is 0 Å². The number of methoxy groups -OCH3 is 1. The van der Waals surface area contributed by atoms with Crippen molar-refractivity contribution in [2.75, 3.05) is 7.11 Å². The van der Waals surface area contributed by atoms with Gasteiger partial charge in [-0.25, -0.2) is 17.9 Å². The molecule has 0 bridgehead atoms. The lowest BCUT2D eigenvalue weighted by molar-refractivity contribution is 0.0600. The van der Waals surface area contributed by atoms with Crippen molar-refractivity contribution in [2.24, 2.45) is 0 Å². The zero-order chi connectivity index (χ0) is 14.6. The second-order valence-corrected chi connectivity index (χ2v) is 6.89. The highest BCUT2D eigenvalue weighted by molar-refractivity contribution is 7.91. The van der Waals surface area contributed by atoms with E-state index < -0.39 is 16.0 Å². The van der Waals surface area contributed by atoms with Crippen molar-refractivity contribution in [3.05, 3.63) is 52.9 Å². The third kappa shape index (κ3) is 3.44. The number of hydrogen-bond donors (Lipinski definition) is 1. The summed E-state index contributed by atoms with van der Waals surface area (Å²) in [5.41, 5.74) is 1.19. The van der Waals surface area contributed by atoms with E-state index in [1.807, 2.05) is 0 Å². The summed E-state index contributed by atoms with van der Waals surface area (Å²) in [4.78, 5) is 11.3. The SMILES string of the molecule is COC(=O)c1ccc(CNS(=O)(=O)c2cccs2)cc1. The van der Waals surface area contributed by atoms with E-state index in [4.69, 9.17) is 0 Å². The van der Waals surface area contributed by atoms with Crippen LogP contribution in [-0.4, -0.2) is 21.5 Å². The molecule has 7 heteroatoms. The summed E-state index contributed by atoms with van der Waals surface area (Å²) in [6.45, 7) is 0.168. The van der Waals surface area contributed by atoms with Crippen molar-refractivity contribution in [3.63, 3.8) is 0 Å². The van der Waals surface area contributed by atoms with Crippen molar-refractivity contribution >= 4 is 27.3 Å². The normalized spacial score (nSPS) is 11.2. The molecule has 0 unspecified atom stereocenters. The first-order valence-corrected chi connectivity index (χ1v) is 8.09. The van der Waals surface area contributed by atoms with Gasteiger partial charge in [0.1, 0.15) is 4.21 Å². The van der Waals surface area contributed by atoms with Crippen LogP contribution in [0.1, 0.15) is 15.9 Å². The van der Waals surface area contributed by atoms with Gasteiger partial charge in [-0.05, 0) is 29.1 Å². The third-order valence-electron chi connectivity index (χ3n) is 2.60. The van der Waals surface area contributed by atoms with Crippen LogP contribution in [0.4, 0.5) is 0 Å². The van der Waals surface area contributed by atoms with E-state index in [0.29, 0.717) is 5.56 Å². The van der Waals surface area contributed by atoms with Crippen LogP contribution in [-0.2, 0) is 21.3 Å². The number of nitrogens with one attached hydrogen (secondary N) is 1. The molecule has 0 spiro atoms. The largest absolute Gasteiger partial charge is 0.465 e. The molecule has 2 rings (SSSR count). The first-order valence-electron chi connectivity index (χ1n) is 5.73. The number of benzene rings is 1. The Morgan fingerprint density at radius 2 is 1.95 bits per heavy atom. The fourth-order valence-electron chi connectivity index (χ4n) is 1.54. The lowest BCUT2D eigenvalue weighted by Crippen LogP contribution is -2.22. The minimum atomic E-state index is -3.47. The van der Waals surface area contributed by atoms with E-state index in [1.165, 1.54) is 7.11 Å². The summed E-state index contributed by atoms with van der Waals surface area (Å²) in [6, 6.07) is 9.80. The van der Waals surface area contributed by atoms with Gasteiger partial charge in [0.25, 0.3) is 0 Å². The Bertz CT molecular complexity index is 676. The van der Waals surface area contributed by atoms with Gasteiger partial charge in [0.05, 0.1) is 12.7 Å². The van der Waals surface area contributed by atoms with Crippen LogP contribution in [0.5, 0.6) is 0 Å². The van der Waals surface area contributed by atoms with Gasteiger partial charge in [-0.15, -0.1) is 11.3 Å². The Morgan fingerprint density at radius 1 is 1.25 bits per heavy atom. The van der Waals surface area contributed by atoms with Crippen LogP contribution in [0.3, 0.4) is 0 Å². The van der Waals surface area contributed by atoms with Gasteiger partial charge in [0.2, 0.25) is 10.0 Å². The molecule has 0 saturated heterocycles. The summed E-state index contributed by atoms with van der Waals surface area (Å²) in [5.74, 6) is -0.421. The van der Waals surface area contributed by atoms with Gasteiger partial charge in [-0.1, -0.05) is 18.2 Å². The van der Waals surface area contributed by atoms with E-state index in [9.17, 15) is 13.2 Å². The first-order chi connectivity index (χ1) is 9.53. The van der Waals surface area contributed by atoms with E-state index in [0.717, 1.165) is 16.9 Å². The Kier molecular flexibility index (Phi) is 4.53. The molecule has 20 heavy (non-hydrogen) atoms. The average molecular weight is 311 g/mol. The summed E-state index contributed by atoms with van der Waals surface area (Å²) in [5, 5.41) is 1.71. The fraction of sp³-hybridized carbons (Fsp3) is 0.154. The van der Waals surface area contributed by atoms with Crippen molar-refractivity contribution in [1.29, 1.82) is 0 Å². The Labute approximate surface area is 121 Å². The van der Waals surface area contributed by atoms with E-state index >= 15 is 0 Å². The minimum absolute atomic E-state index is 0.168. The number of rotatable bonds is 5. The molecule has 0 aliphatic carbocycles. The number of carbonyl (C=O) groups is 1. The molecule has 2 aromatic rings. The summed E-state index contributed by atoms with van der Waals surface area (Å²) in [7, 11) is -2.16. The lowest BCUT2D eigenvalue weighted by Gasteiger charge is -2.05. The van der Waals surface area contributed by atoms with Gasteiger partial charge < -0.3 is 4.74 Å². The zero-order valence-corrected chi connectivity index (χ0v) is 12.3. The van der Waals surface area contributed by atoms with Crippen LogP contribution in [0, 0.1) is 0 Å². The second-order valence-electron chi connectivity index (χ2n) is 3.95. The average Bonchev–Trinajstić information content (AvgIpc) is 3.00. The molecule has 1 heterocycles. The molecule has 0 aliphatic heterocycles. The van der Waals surface area contributed by atoms with Gasteiger partial charge in [0, 0.05) is 6.54 Å². The molecule has 0 saturated carbocycles. The highest BCUT2D eigenvalue weighted by Gasteiger charge is 2.14. The van der Waals surface area contributed by atoms with Crippen LogP contribution in [0.2, 0.25) is 0 Å². The fourth-order valence-corrected chi connectivity index (χ4v) is 3.60. The summed E-state index contributed by atoms with van der Waals surface area (Å²) in [6.07, 6.45) is 0. The maximum absolute atomic E-state index is 11.9. The van der Waals surface area contributed by atoms with Crippen molar-refractivity contribution in [3.8, 4) is 0 Å². The van der Waals surface area contributed by atoms with E-state index in [-0.39, 0.29) is 10.8 Å². The predicted octanol–water partition coefficient (Wildman–Crippen LogP) is 2.01. The molecule has 1 aromatic carbocycles. The Hall–Kier alpha value is -1.70. The number of carbonyl (C=O) groups excluding carboxylic acids is 1. The molecule has 0 aliphatic rings. The van der Waals surface area contributed by atoms with Gasteiger partial charge in [-0.3, -0.25) is 0 Å². The number of sulfonamides is 1. The minimum Gasteiger partial charge on any atom is -0.465 e. The summed E-state index contributed by atoms with van der Waals surface area (Å²) < 4.78 is 31.2. The highest BCUT2D eigenvalue weighted by atomic mass is 32.2. The van der Waals surface area contributed by atoms with Gasteiger partial charge >= 0.3 is 5.97 Å². The molecule has 1 N–H and O–H groups in total. The summed E-state index contributed by atoms with van der Waals surface area (Å²) >= 11 is 1.16. The highest BCUT2D eigenvalue weighted by Crippen LogP contribution is 2.16. The van der Waals surface area contributed by atoms with Crippen LogP contribution < -0.4 is 4.72 Å². The molecular weight excluding hydrogens is 298 g/mol. The molecular formula is C13H13NO4S2. The van der Waals surface area contributed by atoms with Gasteiger partial charge in [0.15, 0.2) is 0 Å². The molecule has 1 aromatic heterocycles. The second kappa shape index (κ2) is 6.17. The topological polar surface area (TPSA) is 72.5 Å². The number of ether oxygens (including phenoxy) is 1. The Balaban J connectivity index is 2.03. The number of thiophene rings is 1. The van der Waals surface area contributed by atoms with Crippen molar-refractivity contribution in [1.82, 2.24) is 4.72 Å². The van der Waals surface area contributed by atoms with Crippen LogP contribution in [0.15, 0.2) is 46.0 Å². The quantitative estimate of drug-likeness (QED) is 0.857. The maximum Gasteiger partial charge on any atom is 0.337 e. The van der Waals surface area contributed by atoms with Crippen molar-refractivity contribution < 1.29 is 17.9 Å². The van der Waals surface area contributed by atoms with E-state index in [1.54, 1.807) is 41.8 Å². The molecule has 106 valence electrons. The molecule has 0 fully saturated rings. The zero-order valence-electron chi connectivity index (χ0n) is 10.7. The molecule has 0 radical (unpaired) electrons. The molecule has 0 amide bonds. The molecule has 0 atom stereocenters. The lowest BCUT2D eigenvalue weighted by atomic mass is 10.1. The predicted molar refractivity (Wildman–Crippen MR) is 76.1 cm³/mol. The first kappa shape index (κ1) is 14.7. The smallest absolute Gasteiger partial charge is 0.337 e. The van der Waals surface area contributed by atoms with E-state index in [2.05, 4.69) is 9.46 Å². The molecule has 5 nitrogen and oxygen atoms in total. The maximum atomic E-state index is 11.9. The van der Waals surface area contributed by atoms with Crippen molar-refractivity contribution in [2.45, 2.75) is 10.8 Å². The number of esters is 1. The standard InChI is InChI=1S/C13H13NO4S2/c1-18-13(15)11-6-4-10(5-7-11)9-14-20(16,17)12-3-2-8-19-12/h2-8,14H,9H2,1H3. The number of hydrogen-bond acceptors (Lipinski definition) is 5. The van der Waals surface area contributed by atoms with Crippen LogP contribution >= 0.6 is 11.3 Å². The monoisotopic (exact) mass is 311 g/mol. The third-order valence-corrected chi connectivity index (χ3v) is 5.40. The Morgan fingerprint density at radius 3 is 2.50 bits per heavy atom. The van der Waals surface area contributed by atoms with Gasteiger partial charge in [-0.2, -0.15) is 0 Å².